The van der Waals surface area contributed by atoms with Gasteiger partial charge in [-0.05, 0) is 31.0 Å². The zero-order valence-corrected chi connectivity index (χ0v) is 11.6. The van der Waals surface area contributed by atoms with Gasteiger partial charge in [0.2, 0.25) is 11.7 Å². The number of anilines is 1. The second kappa shape index (κ2) is 6.47. The lowest BCUT2D eigenvalue weighted by molar-refractivity contribution is -0.150. The first kappa shape index (κ1) is 15.2. The molecule has 2 rings (SSSR count). The first-order valence-electron chi connectivity index (χ1n) is 6.74. The summed E-state index contributed by atoms with van der Waals surface area (Å²) in [6.45, 7) is 0.836. The summed E-state index contributed by atoms with van der Waals surface area (Å²) in [6.07, 6.45) is 2.56. The van der Waals surface area contributed by atoms with Gasteiger partial charge in [0.1, 0.15) is 5.82 Å². The highest BCUT2D eigenvalue weighted by molar-refractivity contribution is 5.99. The van der Waals surface area contributed by atoms with Gasteiger partial charge in [-0.2, -0.15) is 0 Å². The lowest BCUT2D eigenvalue weighted by Crippen LogP contribution is -2.26. The number of carbonyl (C=O) groups excluding carboxylic acids is 3. The van der Waals surface area contributed by atoms with Crippen LogP contribution in [0.2, 0.25) is 0 Å². The van der Waals surface area contributed by atoms with Crippen LogP contribution in [-0.2, 0) is 14.3 Å². The molecule has 0 aliphatic heterocycles. The molecule has 21 heavy (non-hydrogen) atoms. The molecule has 1 amide bonds. The Labute approximate surface area is 121 Å². The molecule has 0 bridgehead atoms. The van der Waals surface area contributed by atoms with Crippen molar-refractivity contribution in [3.8, 4) is 0 Å². The first-order valence-corrected chi connectivity index (χ1v) is 6.74. The van der Waals surface area contributed by atoms with E-state index in [4.69, 9.17) is 4.74 Å². The number of nitrogens with one attached hydrogen (secondary N) is 1. The largest absolute Gasteiger partial charge is 0.457 e. The summed E-state index contributed by atoms with van der Waals surface area (Å²) >= 11 is 0. The van der Waals surface area contributed by atoms with Crippen molar-refractivity contribution < 1.29 is 23.5 Å². The Bertz CT molecular complexity index is 581. The average molecular weight is 293 g/mol. The smallest absolute Gasteiger partial charge is 0.309 e. The van der Waals surface area contributed by atoms with Gasteiger partial charge in [0.25, 0.3) is 0 Å². The van der Waals surface area contributed by atoms with Crippen molar-refractivity contribution in [2.45, 2.75) is 26.2 Å². The Balaban J connectivity index is 1.95. The third-order valence-electron chi connectivity index (χ3n) is 3.37. The molecule has 1 aromatic rings. The van der Waals surface area contributed by atoms with Gasteiger partial charge in [0.15, 0.2) is 6.61 Å². The van der Waals surface area contributed by atoms with Gasteiger partial charge in [-0.1, -0.05) is 6.42 Å². The third-order valence-corrected chi connectivity index (χ3v) is 3.37. The maximum absolute atomic E-state index is 13.8. The minimum absolute atomic E-state index is 0.121. The highest BCUT2D eigenvalue weighted by atomic mass is 19.1. The van der Waals surface area contributed by atoms with Crippen LogP contribution in [0.3, 0.4) is 0 Å². The predicted octanol–water partition coefficient (Wildman–Crippen LogP) is 2.31. The minimum Gasteiger partial charge on any atom is -0.457 e. The van der Waals surface area contributed by atoms with Crippen molar-refractivity contribution in [2.24, 2.45) is 5.92 Å². The third kappa shape index (κ3) is 3.87. The molecular weight excluding hydrogens is 277 g/mol. The van der Waals surface area contributed by atoms with E-state index >= 15 is 0 Å². The van der Waals surface area contributed by atoms with Crippen molar-refractivity contribution in [3.05, 3.63) is 29.6 Å². The number of Topliss-reactive ketones (excluding diaryl/α,β-unsaturated/α-hetero) is 1. The van der Waals surface area contributed by atoms with Gasteiger partial charge >= 0.3 is 5.97 Å². The second-order valence-electron chi connectivity index (χ2n) is 5.03. The van der Waals surface area contributed by atoms with Crippen LogP contribution >= 0.6 is 0 Å². The number of ether oxygens (including phenoxy) is 1. The van der Waals surface area contributed by atoms with Crippen molar-refractivity contribution in [3.63, 3.8) is 0 Å². The number of esters is 1. The molecule has 1 aliphatic rings. The van der Waals surface area contributed by atoms with Gasteiger partial charge in [-0.25, -0.2) is 4.39 Å². The zero-order valence-electron chi connectivity index (χ0n) is 11.6. The van der Waals surface area contributed by atoms with E-state index in [0.717, 1.165) is 25.3 Å². The molecule has 1 aromatic carbocycles. The summed E-state index contributed by atoms with van der Waals surface area (Å²) in [5, 5.41) is 2.42. The van der Waals surface area contributed by atoms with Crippen molar-refractivity contribution in [1.82, 2.24) is 0 Å². The highest BCUT2D eigenvalue weighted by Gasteiger charge is 2.27. The van der Waals surface area contributed by atoms with Crippen LogP contribution in [0.1, 0.15) is 36.5 Å². The van der Waals surface area contributed by atoms with E-state index in [-0.39, 0.29) is 23.1 Å². The molecule has 0 spiro atoms. The Kier molecular flexibility index (Phi) is 4.67. The van der Waals surface area contributed by atoms with E-state index in [9.17, 15) is 18.8 Å². The maximum Gasteiger partial charge on any atom is 0.309 e. The fraction of sp³-hybridized carbons (Fsp3) is 0.400. The first-order chi connectivity index (χ1) is 9.97. The summed E-state index contributed by atoms with van der Waals surface area (Å²) in [7, 11) is 0. The normalized spacial score (nSPS) is 14.2. The van der Waals surface area contributed by atoms with E-state index < -0.39 is 24.2 Å². The molecule has 0 aromatic heterocycles. The van der Waals surface area contributed by atoms with Crippen molar-refractivity contribution in [2.75, 3.05) is 11.9 Å². The Morgan fingerprint density at radius 2 is 2.05 bits per heavy atom. The van der Waals surface area contributed by atoms with Gasteiger partial charge < -0.3 is 10.1 Å². The molecule has 0 saturated heterocycles. The standard InChI is InChI=1S/C15H16FNO4/c1-9(18)17-11-5-6-12(13(16)7-11)14(19)8-21-15(20)10-3-2-4-10/h5-7,10H,2-4,8H2,1H3,(H,17,18). The molecule has 1 N–H and O–H groups in total. The fourth-order valence-electron chi connectivity index (χ4n) is 2.00. The van der Waals surface area contributed by atoms with E-state index in [1.54, 1.807) is 0 Å². The molecular formula is C15H16FNO4. The Morgan fingerprint density at radius 1 is 1.33 bits per heavy atom. The predicted molar refractivity (Wildman–Crippen MR) is 73.3 cm³/mol. The molecule has 112 valence electrons. The number of carbonyl (C=O) groups is 3. The maximum atomic E-state index is 13.8. The molecule has 0 radical (unpaired) electrons. The van der Waals surface area contributed by atoms with Gasteiger partial charge in [-0.3, -0.25) is 14.4 Å². The lowest BCUT2D eigenvalue weighted by atomic mass is 9.86. The minimum atomic E-state index is -0.758. The summed E-state index contributed by atoms with van der Waals surface area (Å²) in [4.78, 5) is 34.2. The van der Waals surface area contributed by atoms with Crippen molar-refractivity contribution >= 4 is 23.3 Å². The topological polar surface area (TPSA) is 72.5 Å². The van der Waals surface area contributed by atoms with Crippen molar-refractivity contribution in [1.29, 1.82) is 0 Å². The van der Waals surface area contributed by atoms with Crippen LogP contribution in [0.25, 0.3) is 0 Å². The molecule has 6 heteroatoms. The van der Waals surface area contributed by atoms with Crippen LogP contribution in [0, 0.1) is 11.7 Å². The quantitative estimate of drug-likeness (QED) is 0.668. The molecule has 1 fully saturated rings. The Hall–Kier alpha value is -2.24. The van der Waals surface area contributed by atoms with Crippen LogP contribution in [0.15, 0.2) is 18.2 Å². The number of amides is 1. The monoisotopic (exact) mass is 293 g/mol. The number of hydrogen-bond acceptors (Lipinski definition) is 4. The molecule has 0 atom stereocenters. The second-order valence-corrected chi connectivity index (χ2v) is 5.03. The number of benzene rings is 1. The van der Waals surface area contributed by atoms with E-state index in [1.807, 2.05) is 0 Å². The highest BCUT2D eigenvalue weighted by Crippen LogP contribution is 2.27. The molecule has 5 nitrogen and oxygen atoms in total. The van der Waals surface area contributed by atoms with Crippen LogP contribution in [-0.4, -0.2) is 24.3 Å². The van der Waals surface area contributed by atoms with E-state index in [1.165, 1.54) is 19.1 Å². The van der Waals surface area contributed by atoms with Gasteiger partial charge in [-0.15, -0.1) is 0 Å². The number of hydrogen-bond donors (Lipinski definition) is 1. The van der Waals surface area contributed by atoms with Crippen LogP contribution < -0.4 is 5.32 Å². The Morgan fingerprint density at radius 3 is 2.57 bits per heavy atom. The van der Waals surface area contributed by atoms with Crippen LogP contribution in [0.4, 0.5) is 10.1 Å². The molecule has 0 unspecified atom stereocenters. The molecule has 0 heterocycles. The number of rotatable bonds is 5. The fourth-order valence-corrected chi connectivity index (χ4v) is 2.00. The summed E-state index contributed by atoms with van der Waals surface area (Å²) in [5.41, 5.74) is 0.105. The molecule has 1 aliphatic carbocycles. The summed E-state index contributed by atoms with van der Waals surface area (Å²) < 4.78 is 18.7. The van der Waals surface area contributed by atoms with E-state index in [0.29, 0.717) is 0 Å². The lowest BCUT2D eigenvalue weighted by Gasteiger charge is -2.22. The summed E-state index contributed by atoms with van der Waals surface area (Å²) in [5.74, 6) is -2.21. The summed E-state index contributed by atoms with van der Waals surface area (Å²) in [6, 6.07) is 3.74. The van der Waals surface area contributed by atoms with Crippen LogP contribution in [0.5, 0.6) is 0 Å². The van der Waals surface area contributed by atoms with E-state index in [2.05, 4.69) is 5.32 Å². The van der Waals surface area contributed by atoms with Gasteiger partial charge in [0.05, 0.1) is 11.5 Å². The average Bonchev–Trinajstić information content (AvgIpc) is 2.33. The number of ketones is 1. The SMILES string of the molecule is CC(=O)Nc1ccc(C(=O)COC(=O)C2CCC2)c(F)c1. The van der Waals surface area contributed by atoms with Gasteiger partial charge in [0, 0.05) is 12.6 Å². The zero-order chi connectivity index (χ0) is 15.4. The number of halogens is 1. The molecule has 1 saturated carbocycles.